The number of benzene rings is 2. The number of carbonyl (C=O) groups is 1. The van der Waals surface area contributed by atoms with Crippen LogP contribution >= 0.6 is 22.6 Å². The standard InChI is InChI=1S/C14H10F2INO2/c15-10-3-1-9(11(16)6-10)7-18-14(20)8-2-4-12(17)13(19)5-8/h1-6,19H,7H2,(H,18,20). The van der Waals surface area contributed by atoms with Gasteiger partial charge in [0.1, 0.15) is 17.4 Å². The zero-order valence-corrected chi connectivity index (χ0v) is 12.3. The van der Waals surface area contributed by atoms with Crippen molar-refractivity contribution in [2.24, 2.45) is 0 Å². The van der Waals surface area contributed by atoms with Crippen LogP contribution in [0.2, 0.25) is 0 Å². The second-order valence-corrected chi connectivity index (χ2v) is 5.25. The monoisotopic (exact) mass is 389 g/mol. The van der Waals surface area contributed by atoms with Crippen LogP contribution in [-0.2, 0) is 6.54 Å². The quantitative estimate of drug-likeness (QED) is 0.793. The van der Waals surface area contributed by atoms with Gasteiger partial charge in [0.05, 0.1) is 3.57 Å². The molecule has 104 valence electrons. The summed E-state index contributed by atoms with van der Waals surface area (Å²) in [5.74, 6) is -1.82. The Labute approximate surface area is 127 Å². The zero-order chi connectivity index (χ0) is 14.7. The van der Waals surface area contributed by atoms with Crippen molar-refractivity contribution >= 4 is 28.5 Å². The van der Waals surface area contributed by atoms with Crippen LogP contribution in [0, 0.1) is 15.2 Å². The molecule has 0 aliphatic rings. The Bertz CT molecular complexity index is 662. The number of rotatable bonds is 3. The third kappa shape index (κ3) is 3.44. The van der Waals surface area contributed by atoms with Gasteiger partial charge >= 0.3 is 0 Å². The van der Waals surface area contributed by atoms with E-state index in [1.54, 1.807) is 12.1 Å². The first kappa shape index (κ1) is 14.7. The average Bonchev–Trinajstić information content (AvgIpc) is 2.40. The summed E-state index contributed by atoms with van der Waals surface area (Å²) in [6.45, 7) is -0.0578. The van der Waals surface area contributed by atoms with Crippen molar-refractivity contribution in [1.29, 1.82) is 0 Å². The number of carbonyl (C=O) groups excluding carboxylic acids is 1. The first-order valence-corrected chi connectivity index (χ1v) is 6.76. The van der Waals surface area contributed by atoms with Gasteiger partial charge in [0, 0.05) is 23.7 Å². The smallest absolute Gasteiger partial charge is 0.251 e. The summed E-state index contributed by atoms with van der Waals surface area (Å²) >= 11 is 1.94. The highest BCUT2D eigenvalue weighted by Crippen LogP contribution is 2.20. The molecule has 0 heterocycles. The third-order valence-corrected chi connectivity index (χ3v) is 3.58. The van der Waals surface area contributed by atoms with Gasteiger partial charge in [-0.05, 0) is 46.9 Å². The molecule has 20 heavy (non-hydrogen) atoms. The van der Waals surface area contributed by atoms with E-state index >= 15 is 0 Å². The van der Waals surface area contributed by atoms with Crippen LogP contribution in [0.4, 0.5) is 8.78 Å². The van der Waals surface area contributed by atoms with E-state index in [-0.39, 0.29) is 23.4 Å². The van der Waals surface area contributed by atoms with E-state index in [0.29, 0.717) is 3.57 Å². The normalized spacial score (nSPS) is 10.3. The topological polar surface area (TPSA) is 49.3 Å². The molecule has 2 aromatic carbocycles. The fraction of sp³-hybridized carbons (Fsp3) is 0.0714. The summed E-state index contributed by atoms with van der Waals surface area (Å²) in [4.78, 5) is 11.8. The molecule has 2 aromatic rings. The molecule has 0 spiro atoms. The van der Waals surface area contributed by atoms with E-state index in [1.165, 1.54) is 12.1 Å². The molecule has 1 amide bonds. The molecule has 0 saturated carbocycles. The van der Waals surface area contributed by atoms with Crippen LogP contribution in [0.25, 0.3) is 0 Å². The van der Waals surface area contributed by atoms with Crippen molar-refractivity contribution in [1.82, 2.24) is 5.32 Å². The number of aromatic hydroxyl groups is 1. The summed E-state index contributed by atoms with van der Waals surface area (Å²) < 4.78 is 26.8. The molecule has 0 unspecified atom stereocenters. The summed E-state index contributed by atoms with van der Waals surface area (Å²) in [6.07, 6.45) is 0. The van der Waals surface area contributed by atoms with Crippen molar-refractivity contribution in [3.05, 3.63) is 62.7 Å². The van der Waals surface area contributed by atoms with E-state index in [1.807, 2.05) is 22.6 Å². The largest absolute Gasteiger partial charge is 0.507 e. The Balaban J connectivity index is 2.06. The Morgan fingerprint density at radius 3 is 2.60 bits per heavy atom. The molecule has 0 aromatic heterocycles. The molecule has 0 radical (unpaired) electrons. The van der Waals surface area contributed by atoms with Crippen LogP contribution < -0.4 is 5.32 Å². The molecule has 0 fully saturated rings. The minimum Gasteiger partial charge on any atom is -0.507 e. The molecular weight excluding hydrogens is 379 g/mol. The van der Waals surface area contributed by atoms with Crippen molar-refractivity contribution < 1.29 is 18.7 Å². The van der Waals surface area contributed by atoms with Crippen LogP contribution in [0.15, 0.2) is 36.4 Å². The molecule has 2 rings (SSSR count). The second kappa shape index (κ2) is 6.17. The molecule has 0 bridgehead atoms. The van der Waals surface area contributed by atoms with Crippen LogP contribution in [0.1, 0.15) is 15.9 Å². The fourth-order valence-corrected chi connectivity index (χ4v) is 1.93. The second-order valence-electron chi connectivity index (χ2n) is 4.08. The minimum atomic E-state index is -0.712. The maximum absolute atomic E-state index is 13.4. The molecule has 3 nitrogen and oxygen atoms in total. The van der Waals surface area contributed by atoms with Gasteiger partial charge in [-0.2, -0.15) is 0 Å². The number of nitrogens with one attached hydrogen (secondary N) is 1. The van der Waals surface area contributed by atoms with Gasteiger partial charge in [-0.15, -0.1) is 0 Å². The van der Waals surface area contributed by atoms with Gasteiger partial charge in [0.2, 0.25) is 0 Å². The third-order valence-electron chi connectivity index (χ3n) is 2.66. The van der Waals surface area contributed by atoms with Crippen LogP contribution in [0.3, 0.4) is 0 Å². The molecule has 0 saturated heterocycles. The van der Waals surface area contributed by atoms with Gasteiger partial charge in [-0.25, -0.2) is 8.78 Å². The van der Waals surface area contributed by atoms with Gasteiger partial charge in [0.25, 0.3) is 5.91 Å². The van der Waals surface area contributed by atoms with Gasteiger partial charge < -0.3 is 10.4 Å². The number of amides is 1. The predicted octanol–water partition coefficient (Wildman–Crippen LogP) is 3.21. The molecule has 0 atom stereocenters. The summed E-state index contributed by atoms with van der Waals surface area (Å²) in [5, 5.41) is 12.0. The molecular formula is C14H10F2INO2. The Kier molecular flexibility index (Phi) is 4.53. The first-order chi connectivity index (χ1) is 9.47. The number of halogens is 3. The molecule has 0 aliphatic heterocycles. The predicted molar refractivity (Wildman–Crippen MR) is 78.4 cm³/mol. The number of hydrogen-bond acceptors (Lipinski definition) is 2. The Morgan fingerprint density at radius 2 is 1.95 bits per heavy atom. The van der Waals surface area contributed by atoms with Crippen molar-refractivity contribution in [3.8, 4) is 5.75 Å². The zero-order valence-electron chi connectivity index (χ0n) is 10.2. The Morgan fingerprint density at radius 1 is 1.20 bits per heavy atom. The summed E-state index contributed by atoms with van der Waals surface area (Å²) in [5.41, 5.74) is 0.458. The lowest BCUT2D eigenvalue weighted by molar-refractivity contribution is 0.0950. The lowest BCUT2D eigenvalue weighted by Gasteiger charge is -2.07. The fourth-order valence-electron chi connectivity index (χ4n) is 1.60. The van der Waals surface area contributed by atoms with Gasteiger partial charge in [0.15, 0.2) is 0 Å². The number of phenolic OH excluding ortho intramolecular Hbond substituents is 1. The lowest BCUT2D eigenvalue weighted by Crippen LogP contribution is -2.23. The first-order valence-electron chi connectivity index (χ1n) is 5.68. The van der Waals surface area contributed by atoms with Crippen LogP contribution in [-0.4, -0.2) is 11.0 Å². The molecule has 6 heteroatoms. The van der Waals surface area contributed by atoms with E-state index < -0.39 is 17.5 Å². The van der Waals surface area contributed by atoms with Crippen molar-refractivity contribution in [2.45, 2.75) is 6.54 Å². The van der Waals surface area contributed by atoms with E-state index in [0.717, 1.165) is 12.1 Å². The summed E-state index contributed by atoms with van der Waals surface area (Å²) in [7, 11) is 0. The highest BCUT2D eigenvalue weighted by atomic mass is 127. The minimum absolute atomic E-state index is 0.00575. The van der Waals surface area contributed by atoms with E-state index in [9.17, 15) is 18.7 Å². The highest BCUT2D eigenvalue weighted by molar-refractivity contribution is 14.1. The molecule has 0 aliphatic carbocycles. The Hall–Kier alpha value is -1.70. The number of hydrogen-bond donors (Lipinski definition) is 2. The highest BCUT2D eigenvalue weighted by Gasteiger charge is 2.10. The van der Waals surface area contributed by atoms with Gasteiger partial charge in [-0.3, -0.25) is 4.79 Å². The number of phenols is 1. The molecule has 2 N–H and O–H groups in total. The van der Waals surface area contributed by atoms with Crippen molar-refractivity contribution in [2.75, 3.05) is 0 Å². The van der Waals surface area contributed by atoms with Crippen LogP contribution in [0.5, 0.6) is 5.75 Å². The van der Waals surface area contributed by atoms with E-state index in [4.69, 9.17) is 0 Å². The summed E-state index contributed by atoms with van der Waals surface area (Å²) in [6, 6.07) is 7.65. The van der Waals surface area contributed by atoms with E-state index in [2.05, 4.69) is 5.32 Å². The van der Waals surface area contributed by atoms with Crippen molar-refractivity contribution in [3.63, 3.8) is 0 Å². The average molecular weight is 389 g/mol. The van der Waals surface area contributed by atoms with Gasteiger partial charge in [-0.1, -0.05) is 6.07 Å². The maximum atomic E-state index is 13.4. The maximum Gasteiger partial charge on any atom is 0.251 e. The lowest BCUT2D eigenvalue weighted by atomic mass is 10.1. The SMILES string of the molecule is O=C(NCc1ccc(F)cc1F)c1ccc(I)c(O)c1.